The van der Waals surface area contributed by atoms with Crippen LogP contribution in [-0.2, 0) is 14.3 Å². The maximum atomic E-state index is 13.2. The number of hydrogen-bond donors (Lipinski definition) is 0. The number of rotatable bonds is 4. The molecule has 1 amide bonds. The molecule has 0 unspecified atom stereocenters. The molecule has 0 aliphatic carbocycles. The summed E-state index contributed by atoms with van der Waals surface area (Å²) in [5.41, 5.74) is 0.944. The molecule has 168 valence electrons. The average Bonchev–Trinajstić information content (AvgIpc) is 3.23. The zero-order valence-corrected chi connectivity index (χ0v) is 19.0. The highest BCUT2D eigenvalue weighted by Crippen LogP contribution is 2.37. The van der Waals surface area contributed by atoms with Gasteiger partial charge in [-0.3, -0.25) is 9.59 Å². The molecule has 0 aromatic carbocycles. The first kappa shape index (κ1) is 21.1. The van der Waals surface area contributed by atoms with Crippen LogP contribution in [0.1, 0.15) is 32.6 Å². The molecular weight excluding hydrogens is 426 g/mol. The highest BCUT2D eigenvalue weighted by molar-refractivity contribution is 7.25. The summed E-state index contributed by atoms with van der Waals surface area (Å²) >= 11 is 1.62. The van der Waals surface area contributed by atoms with Gasteiger partial charge in [0.05, 0.1) is 22.7 Å². The number of anilines is 1. The van der Waals surface area contributed by atoms with Gasteiger partial charge in [-0.15, -0.1) is 11.3 Å². The van der Waals surface area contributed by atoms with Crippen molar-refractivity contribution in [1.82, 2.24) is 19.9 Å². The summed E-state index contributed by atoms with van der Waals surface area (Å²) in [6, 6.07) is 3.98. The van der Waals surface area contributed by atoms with Gasteiger partial charge < -0.3 is 14.5 Å². The number of ether oxygens (including phenoxy) is 1. The Labute approximate surface area is 190 Å². The van der Waals surface area contributed by atoms with E-state index in [2.05, 4.69) is 19.9 Å². The van der Waals surface area contributed by atoms with E-state index in [1.165, 1.54) is 0 Å². The number of aromatic nitrogens is 3. The molecule has 0 radical (unpaired) electrons. The van der Waals surface area contributed by atoms with E-state index >= 15 is 0 Å². The van der Waals surface area contributed by atoms with Crippen LogP contribution >= 0.6 is 11.3 Å². The number of carbonyl (C=O) groups is 2. The number of fused-ring (bicyclic) bond motifs is 3. The van der Waals surface area contributed by atoms with Crippen molar-refractivity contribution in [2.75, 3.05) is 37.7 Å². The van der Waals surface area contributed by atoms with Crippen LogP contribution in [0.5, 0.6) is 0 Å². The van der Waals surface area contributed by atoms with Gasteiger partial charge in [0.1, 0.15) is 17.0 Å². The van der Waals surface area contributed by atoms with Crippen molar-refractivity contribution in [1.29, 1.82) is 0 Å². The molecule has 32 heavy (non-hydrogen) atoms. The second-order valence-electron chi connectivity index (χ2n) is 8.47. The van der Waals surface area contributed by atoms with E-state index in [0.717, 1.165) is 71.6 Å². The molecule has 2 fully saturated rings. The van der Waals surface area contributed by atoms with Crippen LogP contribution in [0.4, 0.5) is 5.82 Å². The molecule has 5 rings (SSSR count). The largest absolute Gasteiger partial charge is 0.466 e. The van der Waals surface area contributed by atoms with Crippen molar-refractivity contribution in [2.24, 2.45) is 11.8 Å². The number of likely N-dealkylation sites (tertiary alicyclic amines) is 1. The molecule has 9 heteroatoms. The van der Waals surface area contributed by atoms with E-state index in [4.69, 9.17) is 4.74 Å². The van der Waals surface area contributed by atoms with Gasteiger partial charge in [0.25, 0.3) is 0 Å². The summed E-state index contributed by atoms with van der Waals surface area (Å²) in [7, 11) is 0. The van der Waals surface area contributed by atoms with E-state index in [1.54, 1.807) is 23.9 Å². The van der Waals surface area contributed by atoms with Crippen molar-refractivity contribution < 1.29 is 14.3 Å². The van der Waals surface area contributed by atoms with E-state index in [-0.39, 0.29) is 23.7 Å². The van der Waals surface area contributed by atoms with Crippen molar-refractivity contribution in [3.05, 3.63) is 24.7 Å². The van der Waals surface area contributed by atoms with Crippen LogP contribution in [0.15, 0.2) is 24.7 Å². The Morgan fingerprint density at radius 2 is 1.97 bits per heavy atom. The monoisotopic (exact) mass is 453 g/mol. The maximum absolute atomic E-state index is 13.2. The van der Waals surface area contributed by atoms with Gasteiger partial charge >= 0.3 is 5.97 Å². The summed E-state index contributed by atoms with van der Waals surface area (Å²) < 4.78 is 6.23. The van der Waals surface area contributed by atoms with E-state index < -0.39 is 0 Å². The van der Waals surface area contributed by atoms with Gasteiger partial charge in [-0.1, -0.05) is 0 Å². The summed E-state index contributed by atoms with van der Waals surface area (Å²) in [6.45, 7) is 4.97. The lowest BCUT2D eigenvalue weighted by Crippen LogP contribution is -2.47. The fourth-order valence-electron chi connectivity index (χ4n) is 4.85. The summed E-state index contributed by atoms with van der Waals surface area (Å²) in [4.78, 5) is 44.0. The Balaban J connectivity index is 1.26. The van der Waals surface area contributed by atoms with Crippen LogP contribution in [0.2, 0.25) is 0 Å². The molecular formula is C23H27N5O3S. The van der Waals surface area contributed by atoms with Crippen LogP contribution in [0.3, 0.4) is 0 Å². The van der Waals surface area contributed by atoms with Crippen LogP contribution in [0.25, 0.3) is 20.4 Å². The fourth-order valence-corrected chi connectivity index (χ4v) is 5.96. The molecule has 8 nitrogen and oxygen atoms in total. The number of carbonyl (C=O) groups excluding carboxylic acids is 2. The predicted octanol–water partition coefficient (Wildman–Crippen LogP) is 3.26. The molecule has 0 spiro atoms. The Morgan fingerprint density at radius 3 is 2.78 bits per heavy atom. The van der Waals surface area contributed by atoms with Crippen LogP contribution in [-0.4, -0.2) is 64.5 Å². The van der Waals surface area contributed by atoms with E-state index in [0.29, 0.717) is 13.2 Å². The van der Waals surface area contributed by atoms with Gasteiger partial charge in [0.15, 0.2) is 0 Å². The van der Waals surface area contributed by atoms with Crippen LogP contribution in [0, 0.1) is 11.8 Å². The first-order valence-electron chi connectivity index (χ1n) is 11.3. The zero-order valence-electron chi connectivity index (χ0n) is 18.2. The minimum absolute atomic E-state index is 0.00593. The third kappa shape index (κ3) is 3.90. The average molecular weight is 454 g/mol. The topological polar surface area (TPSA) is 88.5 Å². The lowest BCUT2D eigenvalue weighted by Gasteiger charge is -2.37. The van der Waals surface area contributed by atoms with Gasteiger partial charge in [-0.25, -0.2) is 15.0 Å². The summed E-state index contributed by atoms with van der Waals surface area (Å²) in [5.74, 6) is 0.740. The fraction of sp³-hybridized carbons (Fsp3) is 0.522. The van der Waals surface area contributed by atoms with Crippen molar-refractivity contribution in [3.63, 3.8) is 0 Å². The quantitative estimate of drug-likeness (QED) is 0.560. The van der Waals surface area contributed by atoms with Crippen LogP contribution < -0.4 is 4.90 Å². The second kappa shape index (κ2) is 8.97. The highest BCUT2D eigenvalue weighted by atomic mass is 32.1. The van der Waals surface area contributed by atoms with Crippen molar-refractivity contribution in [2.45, 2.75) is 32.6 Å². The van der Waals surface area contributed by atoms with E-state index in [9.17, 15) is 9.59 Å². The first-order chi connectivity index (χ1) is 15.7. The lowest BCUT2D eigenvalue weighted by molar-refractivity contribution is -0.152. The number of esters is 1. The van der Waals surface area contributed by atoms with Gasteiger partial charge in [0.2, 0.25) is 5.91 Å². The molecule has 1 atom stereocenters. The summed E-state index contributed by atoms with van der Waals surface area (Å²) in [5, 5.41) is 1.06. The molecule has 0 bridgehead atoms. The number of hydrogen-bond acceptors (Lipinski definition) is 8. The molecule has 3 aromatic rings. The molecule has 2 saturated heterocycles. The van der Waals surface area contributed by atoms with Crippen molar-refractivity contribution >= 4 is 49.5 Å². The zero-order chi connectivity index (χ0) is 22.1. The van der Waals surface area contributed by atoms with E-state index in [1.807, 2.05) is 24.0 Å². The minimum Gasteiger partial charge on any atom is -0.466 e. The number of nitrogens with zero attached hydrogens (tertiary/aromatic N) is 5. The molecule has 2 aliphatic rings. The van der Waals surface area contributed by atoms with Gasteiger partial charge in [0, 0.05) is 43.7 Å². The Bertz CT molecular complexity index is 1140. The highest BCUT2D eigenvalue weighted by Gasteiger charge is 2.34. The third-order valence-corrected chi connectivity index (χ3v) is 7.61. The molecule has 2 aliphatic heterocycles. The Hall–Kier alpha value is -2.81. The lowest BCUT2D eigenvalue weighted by atomic mass is 9.92. The Morgan fingerprint density at radius 1 is 1.12 bits per heavy atom. The number of pyridine rings is 1. The smallest absolute Gasteiger partial charge is 0.310 e. The minimum atomic E-state index is -0.191. The Kier molecular flexibility index (Phi) is 5.91. The summed E-state index contributed by atoms with van der Waals surface area (Å²) in [6.07, 6.45) is 6.65. The maximum Gasteiger partial charge on any atom is 0.310 e. The number of amides is 1. The predicted molar refractivity (Wildman–Crippen MR) is 124 cm³/mol. The van der Waals surface area contributed by atoms with Crippen molar-refractivity contribution in [3.8, 4) is 0 Å². The third-order valence-electron chi connectivity index (χ3n) is 6.51. The number of piperidine rings is 2. The molecule has 0 N–H and O–H groups in total. The standard InChI is InChI=1S/C23H27N5O3S/c1-2-31-23(30)16-5-4-10-28(13-16)22(29)15-7-11-27(12-8-15)20-19-18(25-14-26-20)17-6-3-9-24-21(17)32-19/h3,6,9,14-16H,2,4-5,7-8,10-13H2,1H3/t16-/m0/s1. The molecule has 0 saturated carbocycles. The SMILES string of the molecule is CCOC(=O)[C@H]1CCCN(C(=O)C2CCN(c3ncnc4c3sc3ncccc34)CC2)C1. The van der Waals surface area contributed by atoms with Gasteiger partial charge in [-0.05, 0) is 44.7 Å². The second-order valence-corrected chi connectivity index (χ2v) is 9.47. The molecule has 5 heterocycles. The molecule has 3 aromatic heterocycles. The first-order valence-corrected chi connectivity index (χ1v) is 12.2. The van der Waals surface area contributed by atoms with Gasteiger partial charge in [-0.2, -0.15) is 0 Å². The normalized spacial score (nSPS) is 20.1. The number of thiophene rings is 1.